The van der Waals surface area contributed by atoms with Crippen molar-refractivity contribution in [2.24, 2.45) is 0 Å². The number of halogens is 1. The number of rotatable bonds is 7. The molecule has 0 spiro atoms. The molecule has 208 valence electrons. The minimum atomic E-state index is -1.66. The molecule has 5 nitrogen and oxygen atoms in total. The molecule has 1 aliphatic rings. The fourth-order valence-corrected chi connectivity index (χ4v) is 5.80. The van der Waals surface area contributed by atoms with Gasteiger partial charge in [-0.1, -0.05) is 109 Å². The van der Waals surface area contributed by atoms with Gasteiger partial charge in [0.05, 0.1) is 5.69 Å². The zero-order chi connectivity index (χ0) is 29.3. The van der Waals surface area contributed by atoms with Crippen LogP contribution in [0.15, 0.2) is 122 Å². The Kier molecular flexibility index (Phi) is 7.26. The van der Waals surface area contributed by atoms with Crippen LogP contribution in [0, 0.1) is 5.82 Å². The summed E-state index contributed by atoms with van der Waals surface area (Å²) in [6.07, 6.45) is 0.796. The number of fused-ring (bicyclic) bond motifs is 1. The van der Waals surface area contributed by atoms with Crippen molar-refractivity contribution in [2.45, 2.75) is 43.9 Å². The molecule has 1 N–H and O–H groups in total. The lowest BCUT2D eigenvalue weighted by molar-refractivity contribution is -0.125. The number of carbonyl (C=O) groups is 2. The predicted molar refractivity (Wildman–Crippen MR) is 159 cm³/mol. The molecule has 0 fully saturated rings. The number of para-hydroxylation sites is 1. The van der Waals surface area contributed by atoms with Crippen LogP contribution in [0.25, 0.3) is 0 Å². The number of hydrogen-bond donors (Lipinski definition) is 1. The molecule has 0 radical (unpaired) electrons. The van der Waals surface area contributed by atoms with Crippen molar-refractivity contribution in [3.8, 4) is 0 Å². The smallest absolute Gasteiger partial charge is 0.408 e. The summed E-state index contributed by atoms with van der Waals surface area (Å²) in [5.41, 5.74) is -1.08. The summed E-state index contributed by atoms with van der Waals surface area (Å²) in [6.45, 7) is 9.12. The summed E-state index contributed by atoms with van der Waals surface area (Å²) >= 11 is 0. The molecule has 1 heterocycles. The Bertz CT molecular complexity index is 1470. The number of benzene rings is 4. The van der Waals surface area contributed by atoms with Gasteiger partial charge in [-0.3, -0.25) is 9.69 Å². The Morgan fingerprint density at radius 1 is 0.854 bits per heavy atom. The number of ether oxygens (including phenoxy) is 1. The van der Waals surface area contributed by atoms with E-state index >= 15 is 9.18 Å². The van der Waals surface area contributed by atoms with Gasteiger partial charge in [0.1, 0.15) is 17.0 Å². The number of nitrogens with zero attached hydrogens (tertiary/aromatic N) is 1. The van der Waals surface area contributed by atoms with Gasteiger partial charge in [-0.15, -0.1) is 6.58 Å². The molecule has 0 aromatic heterocycles. The van der Waals surface area contributed by atoms with Crippen molar-refractivity contribution in [1.29, 1.82) is 0 Å². The second kappa shape index (κ2) is 10.7. The number of amides is 2. The summed E-state index contributed by atoms with van der Waals surface area (Å²) in [5.74, 6) is -1.08. The number of hydrogen-bond acceptors (Lipinski definition) is 3. The molecule has 2 amide bonds. The highest BCUT2D eigenvalue weighted by Crippen LogP contribution is 2.54. The SMILES string of the molecule is C=CC[C@@]1(NC(=O)OC(C)(C)C)C(=O)N(C(c2ccccc2)(c2ccccc2)c2ccccc2)c2c(F)cccc21. The molecular weight excluding hydrogens is 515 g/mol. The second-order valence-corrected chi connectivity index (χ2v) is 11.1. The molecule has 1 atom stereocenters. The number of carbonyl (C=O) groups excluding carboxylic acids is 2. The second-order valence-electron chi connectivity index (χ2n) is 11.1. The largest absolute Gasteiger partial charge is 0.444 e. The first-order chi connectivity index (χ1) is 19.6. The van der Waals surface area contributed by atoms with Gasteiger partial charge in [0, 0.05) is 12.0 Å². The normalized spacial score (nSPS) is 16.7. The van der Waals surface area contributed by atoms with Gasteiger partial charge in [-0.25, -0.2) is 9.18 Å². The molecule has 41 heavy (non-hydrogen) atoms. The zero-order valence-electron chi connectivity index (χ0n) is 23.4. The van der Waals surface area contributed by atoms with E-state index in [4.69, 9.17) is 4.74 Å². The van der Waals surface area contributed by atoms with E-state index in [0.717, 1.165) is 16.7 Å². The maximum Gasteiger partial charge on any atom is 0.408 e. The Balaban J connectivity index is 1.88. The first-order valence-electron chi connectivity index (χ1n) is 13.6. The van der Waals surface area contributed by atoms with Crippen LogP contribution in [-0.2, 0) is 20.6 Å². The third-order valence-electron chi connectivity index (χ3n) is 7.31. The van der Waals surface area contributed by atoms with E-state index < -0.39 is 34.5 Å². The van der Waals surface area contributed by atoms with Gasteiger partial charge in [-0.2, -0.15) is 0 Å². The maximum atomic E-state index is 16.2. The Morgan fingerprint density at radius 2 is 1.34 bits per heavy atom. The van der Waals surface area contributed by atoms with E-state index in [-0.39, 0.29) is 12.1 Å². The van der Waals surface area contributed by atoms with Crippen LogP contribution in [0.4, 0.5) is 14.9 Å². The average molecular weight is 549 g/mol. The summed E-state index contributed by atoms with van der Waals surface area (Å²) < 4.78 is 21.8. The highest BCUT2D eigenvalue weighted by molar-refractivity contribution is 6.11. The zero-order valence-corrected chi connectivity index (χ0v) is 23.4. The third kappa shape index (κ3) is 4.69. The van der Waals surface area contributed by atoms with Gasteiger partial charge in [0.25, 0.3) is 5.91 Å². The van der Waals surface area contributed by atoms with E-state index in [1.807, 2.05) is 91.0 Å². The topological polar surface area (TPSA) is 58.6 Å². The summed E-state index contributed by atoms with van der Waals surface area (Å²) in [4.78, 5) is 29.9. The van der Waals surface area contributed by atoms with E-state index in [9.17, 15) is 4.79 Å². The standard InChI is InChI=1S/C35H33FN2O3/c1-5-24-34(37-32(40)41-33(2,3)4)28-22-15-23-29(36)30(28)38(31(34)39)35(25-16-9-6-10-17-25,26-18-11-7-12-19-26)27-20-13-8-14-21-27/h5-23H,1,24H2,2-4H3,(H,37,40)/t34-/m0/s1. The Hall–Kier alpha value is -4.71. The van der Waals surface area contributed by atoms with Gasteiger partial charge < -0.3 is 10.1 Å². The quantitative estimate of drug-likeness (QED) is 0.193. The number of alkyl carbamates (subject to hydrolysis) is 1. The van der Waals surface area contributed by atoms with Crippen molar-refractivity contribution in [3.63, 3.8) is 0 Å². The molecule has 0 unspecified atom stereocenters. The van der Waals surface area contributed by atoms with Crippen LogP contribution in [0.2, 0.25) is 0 Å². The van der Waals surface area contributed by atoms with Crippen LogP contribution in [0.3, 0.4) is 0 Å². The minimum Gasteiger partial charge on any atom is -0.444 e. The van der Waals surface area contributed by atoms with Gasteiger partial charge in [-0.05, 0) is 43.5 Å². The van der Waals surface area contributed by atoms with E-state index in [0.29, 0.717) is 5.56 Å². The lowest BCUT2D eigenvalue weighted by Crippen LogP contribution is -2.58. The first-order valence-corrected chi connectivity index (χ1v) is 13.6. The fraction of sp³-hybridized carbons (Fsp3) is 0.200. The minimum absolute atomic E-state index is 0.0203. The third-order valence-corrected chi connectivity index (χ3v) is 7.31. The molecule has 0 bridgehead atoms. The van der Waals surface area contributed by atoms with Gasteiger partial charge >= 0.3 is 6.09 Å². The van der Waals surface area contributed by atoms with Crippen LogP contribution < -0.4 is 10.2 Å². The van der Waals surface area contributed by atoms with E-state index in [2.05, 4.69) is 11.9 Å². The molecule has 4 aromatic carbocycles. The van der Waals surface area contributed by atoms with Crippen molar-refractivity contribution in [1.82, 2.24) is 5.32 Å². The van der Waals surface area contributed by atoms with Crippen LogP contribution in [0.5, 0.6) is 0 Å². The highest BCUT2D eigenvalue weighted by Gasteiger charge is 2.60. The molecule has 6 heteroatoms. The summed E-state index contributed by atoms with van der Waals surface area (Å²) in [5, 5.41) is 2.85. The molecule has 0 saturated carbocycles. The number of anilines is 1. The lowest BCUT2D eigenvalue weighted by Gasteiger charge is -2.44. The molecule has 1 aliphatic heterocycles. The number of nitrogens with one attached hydrogen (secondary N) is 1. The summed E-state index contributed by atoms with van der Waals surface area (Å²) in [6, 6.07) is 33.3. The van der Waals surface area contributed by atoms with E-state index in [1.165, 1.54) is 11.0 Å². The van der Waals surface area contributed by atoms with Crippen LogP contribution >= 0.6 is 0 Å². The van der Waals surface area contributed by atoms with E-state index in [1.54, 1.807) is 39.0 Å². The van der Waals surface area contributed by atoms with Crippen LogP contribution in [0.1, 0.15) is 49.4 Å². The monoisotopic (exact) mass is 548 g/mol. The molecule has 4 aromatic rings. The van der Waals surface area contributed by atoms with Gasteiger partial charge in [0.2, 0.25) is 0 Å². The van der Waals surface area contributed by atoms with Crippen LogP contribution in [-0.4, -0.2) is 17.6 Å². The molecule has 0 saturated heterocycles. The Labute approximate surface area is 240 Å². The molecule has 5 rings (SSSR count). The molecular formula is C35H33FN2O3. The van der Waals surface area contributed by atoms with Crippen molar-refractivity contribution >= 4 is 17.7 Å². The highest BCUT2D eigenvalue weighted by atomic mass is 19.1. The predicted octanol–water partition coefficient (Wildman–Crippen LogP) is 7.46. The summed E-state index contributed by atoms with van der Waals surface area (Å²) in [7, 11) is 0. The van der Waals surface area contributed by atoms with Gasteiger partial charge in [0.15, 0.2) is 5.54 Å². The lowest BCUT2D eigenvalue weighted by atomic mass is 9.75. The van der Waals surface area contributed by atoms with Crippen molar-refractivity contribution in [3.05, 3.63) is 150 Å². The fourth-order valence-electron chi connectivity index (χ4n) is 5.80. The maximum absolute atomic E-state index is 16.2. The molecule has 0 aliphatic carbocycles. The first kappa shape index (κ1) is 27.8. The Morgan fingerprint density at radius 3 is 1.78 bits per heavy atom. The average Bonchev–Trinajstić information content (AvgIpc) is 3.19. The van der Waals surface area contributed by atoms with Crippen molar-refractivity contribution in [2.75, 3.05) is 4.90 Å². The van der Waals surface area contributed by atoms with Crippen molar-refractivity contribution < 1.29 is 18.7 Å².